The summed E-state index contributed by atoms with van der Waals surface area (Å²) in [6.45, 7) is 13.5. The van der Waals surface area contributed by atoms with E-state index in [1.165, 1.54) is 27.2 Å². The largest absolute Gasteiger partial charge is 0.494 e. The molecule has 0 saturated heterocycles. The molecule has 3 aromatic rings. The van der Waals surface area contributed by atoms with Crippen LogP contribution in [-0.4, -0.2) is 35.1 Å². The van der Waals surface area contributed by atoms with Gasteiger partial charge in [0.05, 0.1) is 12.3 Å². The van der Waals surface area contributed by atoms with Crippen molar-refractivity contribution in [2.75, 3.05) is 19.7 Å². The van der Waals surface area contributed by atoms with Crippen LogP contribution in [0.25, 0.3) is 22.2 Å². The second-order valence-electron chi connectivity index (χ2n) is 7.98. The summed E-state index contributed by atoms with van der Waals surface area (Å²) in [6, 6.07) is 12.8. The van der Waals surface area contributed by atoms with Crippen molar-refractivity contribution in [1.29, 1.82) is 0 Å². The van der Waals surface area contributed by atoms with Gasteiger partial charge in [-0.1, -0.05) is 19.1 Å². The Bertz CT molecular complexity index is 1110. The fraction of sp³-hybridized carbons (Fsp3) is 0.423. The van der Waals surface area contributed by atoms with E-state index in [4.69, 9.17) is 4.74 Å². The van der Waals surface area contributed by atoms with Crippen molar-refractivity contribution in [3.05, 3.63) is 47.5 Å². The maximum Gasteiger partial charge on any atom is 0.240 e. The summed E-state index contributed by atoms with van der Waals surface area (Å²) in [5, 5.41) is 0.892. The molecule has 1 atom stereocenters. The second-order valence-corrected chi connectivity index (χ2v) is 9.13. The molecule has 1 aromatic heterocycles. The number of aromatic nitrogens is 1. The van der Waals surface area contributed by atoms with E-state index in [1.807, 2.05) is 11.8 Å². The Morgan fingerprint density at radius 3 is 2.58 bits per heavy atom. The molecule has 2 heterocycles. The van der Waals surface area contributed by atoms with Crippen LogP contribution in [0.5, 0.6) is 5.75 Å². The van der Waals surface area contributed by atoms with E-state index in [0.717, 1.165) is 42.8 Å². The minimum Gasteiger partial charge on any atom is -0.494 e. The number of ether oxygens (including phenoxy) is 1. The van der Waals surface area contributed by atoms with E-state index in [1.54, 1.807) is 11.8 Å². The zero-order valence-corrected chi connectivity index (χ0v) is 20.0. The standard InChI is InChI=1S/C26H32N2O2S/c1-6-15-28-20-14-13-18(30-9-4)16-19(20)23-24(28)22-17(5)11-10-12-21(22)31-25(23)26(29)27(7-2)8-3/h10-14,16,25H,6-9,15H2,1-5H3. The normalized spacial score (nSPS) is 14.9. The molecule has 4 rings (SSSR count). The number of fused-ring (bicyclic) bond motifs is 5. The molecule has 2 aromatic carbocycles. The molecule has 1 aliphatic heterocycles. The fourth-order valence-electron chi connectivity index (χ4n) is 4.71. The molecule has 31 heavy (non-hydrogen) atoms. The van der Waals surface area contributed by atoms with Crippen LogP contribution >= 0.6 is 11.8 Å². The summed E-state index contributed by atoms with van der Waals surface area (Å²) in [4.78, 5) is 16.9. The monoisotopic (exact) mass is 436 g/mol. The van der Waals surface area contributed by atoms with Crippen LogP contribution in [-0.2, 0) is 11.3 Å². The molecule has 0 aliphatic carbocycles. The molecule has 0 radical (unpaired) electrons. The molecule has 0 N–H and O–H groups in total. The molecule has 0 fully saturated rings. The summed E-state index contributed by atoms with van der Waals surface area (Å²) < 4.78 is 8.27. The summed E-state index contributed by atoms with van der Waals surface area (Å²) >= 11 is 1.70. The van der Waals surface area contributed by atoms with Crippen LogP contribution in [0.1, 0.15) is 50.5 Å². The highest BCUT2D eigenvalue weighted by Crippen LogP contribution is 2.54. The Kier molecular flexibility index (Phi) is 6.33. The molecular weight excluding hydrogens is 404 g/mol. The number of benzene rings is 2. The van der Waals surface area contributed by atoms with Gasteiger partial charge >= 0.3 is 0 Å². The van der Waals surface area contributed by atoms with Crippen LogP contribution in [0.15, 0.2) is 41.3 Å². The van der Waals surface area contributed by atoms with Gasteiger partial charge in [0, 0.05) is 46.6 Å². The van der Waals surface area contributed by atoms with Crippen LogP contribution in [0, 0.1) is 6.92 Å². The number of likely N-dealkylation sites (N-methyl/N-ethyl adjacent to an activating group) is 1. The van der Waals surface area contributed by atoms with Gasteiger partial charge in [-0.05, 0) is 63.9 Å². The fourth-order valence-corrected chi connectivity index (χ4v) is 6.10. The number of hydrogen-bond donors (Lipinski definition) is 0. The second kappa shape index (κ2) is 8.99. The van der Waals surface area contributed by atoms with Crippen molar-refractivity contribution < 1.29 is 9.53 Å². The predicted octanol–water partition coefficient (Wildman–Crippen LogP) is 6.44. The maximum absolute atomic E-state index is 13.7. The lowest BCUT2D eigenvalue weighted by Crippen LogP contribution is -2.34. The number of thioether (sulfide) groups is 1. The average Bonchev–Trinajstić information content (AvgIpc) is 3.08. The minimum atomic E-state index is -0.248. The van der Waals surface area contributed by atoms with Crippen molar-refractivity contribution in [3.8, 4) is 17.0 Å². The number of nitrogens with zero attached hydrogens (tertiary/aromatic N) is 2. The lowest BCUT2D eigenvalue weighted by Gasteiger charge is -2.30. The third-order valence-electron chi connectivity index (χ3n) is 6.11. The first-order chi connectivity index (χ1) is 15.0. The minimum absolute atomic E-state index is 0.195. The van der Waals surface area contributed by atoms with Crippen LogP contribution in [0.4, 0.5) is 0 Å². The van der Waals surface area contributed by atoms with Crippen molar-refractivity contribution in [3.63, 3.8) is 0 Å². The zero-order chi connectivity index (χ0) is 22.1. The molecule has 5 heteroatoms. The third kappa shape index (κ3) is 3.63. The SMILES string of the molecule is CCCn1c2c(c3cc(OCC)ccc31)C(C(=O)N(CC)CC)Sc1cccc(C)c1-2. The summed E-state index contributed by atoms with van der Waals surface area (Å²) in [7, 11) is 0. The summed E-state index contributed by atoms with van der Waals surface area (Å²) in [5.74, 6) is 1.06. The molecule has 164 valence electrons. The molecule has 1 amide bonds. The highest BCUT2D eigenvalue weighted by Gasteiger charge is 2.37. The summed E-state index contributed by atoms with van der Waals surface area (Å²) in [5.41, 5.74) is 6.07. The van der Waals surface area contributed by atoms with Gasteiger partial charge in [-0.25, -0.2) is 0 Å². The van der Waals surface area contributed by atoms with Crippen molar-refractivity contribution in [2.24, 2.45) is 0 Å². The lowest BCUT2D eigenvalue weighted by atomic mass is 9.97. The maximum atomic E-state index is 13.7. The van der Waals surface area contributed by atoms with Gasteiger partial charge in [-0.3, -0.25) is 4.79 Å². The van der Waals surface area contributed by atoms with E-state index < -0.39 is 0 Å². The Morgan fingerprint density at radius 1 is 1.13 bits per heavy atom. The first-order valence-electron chi connectivity index (χ1n) is 11.4. The Hall–Kier alpha value is -2.40. The molecule has 0 bridgehead atoms. The first kappa shape index (κ1) is 21.8. The van der Waals surface area contributed by atoms with Gasteiger partial charge in [0.25, 0.3) is 0 Å². The number of rotatable bonds is 7. The zero-order valence-electron chi connectivity index (χ0n) is 19.2. The quantitative estimate of drug-likeness (QED) is 0.427. The molecular formula is C26H32N2O2S. The van der Waals surface area contributed by atoms with Crippen LogP contribution in [0.2, 0.25) is 0 Å². The Balaban J connectivity index is 2.06. The van der Waals surface area contributed by atoms with E-state index in [9.17, 15) is 4.79 Å². The topological polar surface area (TPSA) is 34.5 Å². The number of carbonyl (C=O) groups excluding carboxylic acids is 1. The van der Waals surface area contributed by atoms with Crippen molar-refractivity contribution in [1.82, 2.24) is 9.47 Å². The number of hydrogen-bond acceptors (Lipinski definition) is 3. The van der Waals surface area contributed by atoms with E-state index in [-0.39, 0.29) is 11.2 Å². The van der Waals surface area contributed by atoms with Gasteiger partial charge in [0.15, 0.2) is 0 Å². The highest BCUT2D eigenvalue weighted by atomic mass is 32.2. The third-order valence-corrected chi connectivity index (χ3v) is 7.38. The van der Waals surface area contributed by atoms with Gasteiger partial charge in [-0.15, -0.1) is 11.8 Å². The van der Waals surface area contributed by atoms with Crippen molar-refractivity contribution >= 4 is 28.6 Å². The van der Waals surface area contributed by atoms with E-state index >= 15 is 0 Å². The summed E-state index contributed by atoms with van der Waals surface area (Å²) in [6.07, 6.45) is 1.03. The average molecular weight is 437 g/mol. The molecule has 0 spiro atoms. The Labute approximate surface area is 189 Å². The number of carbonyl (C=O) groups is 1. The molecule has 1 unspecified atom stereocenters. The molecule has 0 saturated carbocycles. The lowest BCUT2D eigenvalue weighted by molar-refractivity contribution is -0.130. The van der Waals surface area contributed by atoms with Gasteiger partial charge in [0.2, 0.25) is 5.91 Å². The van der Waals surface area contributed by atoms with Gasteiger partial charge in [0.1, 0.15) is 11.0 Å². The van der Waals surface area contributed by atoms with Crippen LogP contribution in [0.3, 0.4) is 0 Å². The van der Waals surface area contributed by atoms with E-state index in [2.05, 4.69) is 68.7 Å². The first-order valence-corrected chi connectivity index (χ1v) is 12.3. The number of aryl methyl sites for hydroxylation is 2. The van der Waals surface area contributed by atoms with E-state index in [0.29, 0.717) is 6.61 Å². The van der Waals surface area contributed by atoms with Crippen LogP contribution < -0.4 is 4.74 Å². The van der Waals surface area contributed by atoms with Gasteiger partial charge in [-0.2, -0.15) is 0 Å². The smallest absolute Gasteiger partial charge is 0.240 e. The predicted molar refractivity (Wildman–Crippen MR) is 130 cm³/mol. The Morgan fingerprint density at radius 2 is 1.90 bits per heavy atom. The van der Waals surface area contributed by atoms with Gasteiger partial charge < -0.3 is 14.2 Å². The number of amides is 1. The molecule has 1 aliphatic rings. The van der Waals surface area contributed by atoms with Crippen molar-refractivity contribution in [2.45, 2.75) is 57.7 Å². The molecule has 4 nitrogen and oxygen atoms in total. The highest BCUT2D eigenvalue weighted by molar-refractivity contribution is 8.00.